The first-order chi connectivity index (χ1) is 13.8. The molecule has 0 aliphatic heterocycles. The van der Waals surface area contributed by atoms with Gasteiger partial charge in [0.2, 0.25) is 0 Å². The van der Waals surface area contributed by atoms with Gasteiger partial charge in [0.25, 0.3) is 0 Å². The molecule has 0 atom stereocenters. The van der Waals surface area contributed by atoms with E-state index >= 15 is 0 Å². The maximum absolute atomic E-state index is 12.2. The quantitative estimate of drug-likeness (QED) is 0.300. The summed E-state index contributed by atoms with van der Waals surface area (Å²) >= 11 is 0. The summed E-state index contributed by atoms with van der Waals surface area (Å²) in [5.41, 5.74) is 1.87. The molecule has 2 N–H and O–H groups in total. The van der Waals surface area contributed by atoms with E-state index in [4.69, 9.17) is 9.47 Å². The van der Waals surface area contributed by atoms with Crippen LogP contribution in [-0.4, -0.2) is 40.1 Å². The summed E-state index contributed by atoms with van der Waals surface area (Å²) in [6.07, 6.45) is -4.07. The van der Waals surface area contributed by atoms with Crippen molar-refractivity contribution in [2.45, 2.75) is 19.3 Å². The Labute approximate surface area is 190 Å². The van der Waals surface area contributed by atoms with Gasteiger partial charge in [-0.15, -0.1) is 37.1 Å². The van der Waals surface area contributed by atoms with E-state index in [1.54, 1.807) is 33.4 Å². The molecule has 0 fully saturated rings. The highest BCUT2D eigenvalue weighted by molar-refractivity contribution is 14.0. The minimum Gasteiger partial charge on any atom is -0.493 e. The van der Waals surface area contributed by atoms with Crippen molar-refractivity contribution in [3.8, 4) is 17.2 Å². The minimum atomic E-state index is -4.69. The third kappa shape index (κ3) is 8.56. The van der Waals surface area contributed by atoms with E-state index in [1.807, 2.05) is 18.2 Å². The lowest BCUT2D eigenvalue weighted by molar-refractivity contribution is -0.274. The van der Waals surface area contributed by atoms with Crippen molar-refractivity contribution >= 4 is 29.9 Å². The number of halogens is 4. The molecule has 0 saturated carbocycles. The molecule has 0 heterocycles. The second-order valence-electron chi connectivity index (χ2n) is 5.98. The number of hydrogen-bond donors (Lipinski definition) is 2. The SMILES string of the molecule is CN=C(NCCc1ccc(OC(F)(F)F)cc1)NCc1ccc(OC)c(OC)c1.I. The van der Waals surface area contributed by atoms with Crippen LogP contribution >= 0.6 is 24.0 Å². The van der Waals surface area contributed by atoms with Crippen molar-refractivity contribution in [2.75, 3.05) is 27.8 Å². The standard InChI is InChI=1S/C20H24F3N3O3.HI/c1-24-19(26-13-15-6-9-17(27-2)18(12-15)28-3)25-11-10-14-4-7-16(8-5-14)29-20(21,22)23;/h4-9,12H,10-11,13H2,1-3H3,(H2,24,25,26);1H. The summed E-state index contributed by atoms with van der Waals surface area (Å²) in [5.74, 6) is 1.68. The largest absolute Gasteiger partial charge is 0.573 e. The number of benzene rings is 2. The van der Waals surface area contributed by atoms with E-state index in [2.05, 4.69) is 20.4 Å². The lowest BCUT2D eigenvalue weighted by atomic mass is 10.1. The predicted molar refractivity (Wildman–Crippen MR) is 120 cm³/mol. The molecule has 2 rings (SSSR count). The predicted octanol–water partition coefficient (Wildman–Crippen LogP) is 4.13. The van der Waals surface area contributed by atoms with Gasteiger partial charge in [0.05, 0.1) is 14.2 Å². The van der Waals surface area contributed by atoms with Crippen LogP contribution in [0.15, 0.2) is 47.5 Å². The minimum absolute atomic E-state index is 0. The maximum Gasteiger partial charge on any atom is 0.573 e. The summed E-state index contributed by atoms with van der Waals surface area (Å²) in [6, 6.07) is 11.4. The molecule has 6 nitrogen and oxygen atoms in total. The number of ether oxygens (including phenoxy) is 3. The van der Waals surface area contributed by atoms with Gasteiger partial charge in [0.1, 0.15) is 5.75 Å². The first-order valence-electron chi connectivity index (χ1n) is 8.84. The van der Waals surface area contributed by atoms with Crippen LogP contribution in [0, 0.1) is 0 Å². The lowest BCUT2D eigenvalue weighted by Gasteiger charge is -2.14. The van der Waals surface area contributed by atoms with Crippen molar-refractivity contribution in [1.29, 1.82) is 0 Å². The van der Waals surface area contributed by atoms with E-state index < -0.39 is 6.36 Å². The van der Waals surface area contributed by atoms with Crippen LogP contribution in [-0.2, 0) is 13.0 Å². The number of alkyl halides is 3. The molecule has 0 aliphatic rings. The number of hydrogen-bond acceptors (Lipinski definition) is 4. The van der Waals surface area contributed by atoms with E-state index in [0.717, 1.165) is 11.1 Å². The third-order valence-electron chi connectivity index (χ3n) is 3.99. The molecule has 10 heteroatoms. The molecule has 2 aromatic carbocycles. The Morgan fingerprint density at radius 1 is 0.933 bits per heavy atom. The average molecular weight is 539 g/mol. The fourth-order valence-electron chi connectivity index (χ4n) is 2.58. The number of guanidine groups is 1. The van der Waals surface area contributed by atoms with Crippen LogP contribution in [0.3, 0.4) is 0 Å². The maximum atomic E-state index is 12.2. The zero-order valence-electron chi connectivity index (χ0n) is 16.9. The van der Waals surface area contributed by atoms with Gasteiger partial charge in [-0.05, 0) is 41.8 Å². The van der Waals surface area contributed by atoms with Crippen LogP contribution in [0.25, 0.3) is 0 Å². The fraction of sp³-hybridized carbons (Fsp3) is 0.350. The van der Waals surface area contributed by atoms with Crippen molar-refractivity contribution in [3.63, 3.8) is 0 Å². The molecule has 0 aromatic heterocycles. The average Bonchev–Trinajstić information content (AvgIpc) is 2.70. The van der Waals surface area contributed by atoms with E-state index in [-0.39, 0.29) is 29.7 Å². The molecule has 0 aliphatic carbocycles. The first kappa shape index (κ1) is 25.7. The number of nitrogens with one attached hydrogen (secondary N) is 2. The van der Waals surface area contributed by atoms with Gasteiger partial charge in [-0.25, -0.2) is 0 Å². The zero-order valence-corrected chi connectivity index (χ0v) is 19.2. The van der Waals surface area contributed by atoms with Gasteiger partial charge in [-0.2, -0.15) is 0 Å². The summed E-state index contributed by atoms with van der Waals surface area (Å²) in [7, 11) is 4.82. The Kier molecular flexibility index (Phi) is 10.6. The number of nitrogens with zero attached hydrogens (tertiary/aromatic N) is 1. The monoisotopic (exact) mass is 539 g/mol. The fourth-order valence-corrected chi connectivity index (χ4v) is 2.58. The van der Waals surface area contributed by atoms with Crippen LogP contribution < -0.4 is 24.8 Å². The Bertz CT molecular complexity index is 815. The first-order valence-corrected chi connectivity index (χ1v) is 8.84. The van der Waals surface area contributed by atoms with Crippen LogP contribution in [0.5, 0.6) is 17.2 Å². The van der Waals surface area contributed by atoms with Crippen LogP contribution in [0.4, 0.5) is 13.2 Å². The van der Waals surface area contributed by atoms with Crippen LogP contribution in [0.2, 0.25) is 0 Å². The summed E-state index contributed by atoms with van der Waals surface area (Å²) < 4.78 is 50.9. The molecule has 0 spiro atoms. The molecule has 30 heavy (non-hydrogen) atoms. The van der Waals surface area contributed by atoms with Crippen LogP contribution in [0.1, 0.15) is 11.1 Å². The van der Waals surface area contributed by atoms with Crippen molar-refractivity contribution < 1.29 is 27.4 Å². The molecule has 2 aromatic rings. The normalized spacial score (nSPS) is 11.3. The summed E-state index contributed by atoms with van der Waals surface area (Å²) in [4.78, 5) is 4.16. The number of aliphatic imine (C=N–C) groups is 1. The molecule has 0 saturated heterocycles. The Hall–Kier alpha value is -2.37. The van der Waals surface area contributed by atoms with Gasteiger partial charge < -0.3 is 24.8 Å². The van der Waals surface area contributed by atoms with E-state index in [9.17, 15) is 13.2 Å². The smallest absolute Gasteiger partial charge is 0.493 e. The van der Waals surface area contributed by atoms with Gasteiger partial charge in [0.15, 0.2) is 17.5 Å². The Morgan fingerprint density at radius 2 is 1.57 bits per heavy atom. The van der Waals surface area contributed by atoms with E-state index in [1.165, 1.54) is 12.1 Å². The second kappa shape index (κ2) is 12.4. The van der Waals surface area contributed by atoms with Gasteiger partial charge in [0, 0.05) is 20.1 Å². The molecule has 0 radical (unpaired) electrons. The molecular formula is C20H25F3IN3O3. The third-order valence-corrected chi connectivity index (χ3v) is 3.99. The molecule has 166 valence electrons. The van der Waals surface area contributed by atoms with Crippen molar-refractivity contribution in [3.05, 3.63) is 53.6 Å². The summed E-state index contributed by atoms with van der Waals surface area (Å²) in [6.45, 7) is 1.09. The molecule has 0 unspecified atom stereocenters. The van der Waals surface area contributed by atoms with Gasteiger partial charge in [-0.1, -0.05) is 18.2 Å². The van der Waals surface area contributed by atoms with Crippen molar-refractivity contribution in [2.24, 2.45) is 4.99 Å². The number of methoxy groups -OCH3 is 2. The highest BCUT2D eigenvalue weighted by atomic mass is 127. The Morgan fingerprint density at radius 3 is 2.13 bits per heavy atom. The zero-order chi connectivity index (χ0) is 21.3. The van der Waals surface area contributed by atoms with Crippen molar-refractivity contribution in [1.82, 2.24) is 10.6 Å². The van der Waals surface area contributed by atoms with Gasteiger partial charge >= 0.3 is 6.36 Å². The Balaban J connectivity index is 0.00000450. The number of rotatable bonds is 8. The highest BCUT2D eigenvalue weighted by Crippen LogP contribution is 2.27. The van der Waals surface area contributed by atoms with Gasteiger partial charge in [-0.3, -0.25) is 4.99 Å². The molecular weight excluding hydrogens is 514 g/mol. The lowest BCUT2D eigenvalue weighted by Crippen LogP contribution is -2.37. The molecule has 0 amide bonds. The second-order valence-corrected chi connectivity index (χ2v) is 5.98. The van der Waals surface area contributed by atoms with E-state index in [0.29, 0.717) is 37.0 Å². The summed E-state index contributed by atoms with van der Waals surface area (Å²) in [5, 5.41) is 6.36. The topological polar surface area (TPSA) is 64.1 Å². The highest BCUT2D eigenvalue weighted by Gasteiger charge is 2.30. The molecule has 0 bridgehead atoms.